The van der Waals surface area contributed by atoms with E-state index in [9.17, 15) is 14.4 Å². The Morgan fingerprint density at radius 3 is 2.77 bits per heavy atom. The molecule has 3 N–H and O–H groups in total. The maximum Gasteiger partial charge on any atom is 0.322 e. The molecule has 26 heavy (non-hydrogen) atoms. The number of anilines is 1. The molecule has 0 aromatic heterocycles. The van der Waals surface area contributed by atoms with Crippen LogP contribution in [0.1, 0.15) is 12.8 Å². The molecule has 2 aliphatic rings. The number of piperidine rings is 1. The number of nitrogens with one attached hydrogen (secondary N) is 3. The predicted octanol–water partition coefficient (Wildman–Crippen LogP) is 0.316. The first kappa shape index (κ1) is 18.0. The first-order valence-electron chi connectivity index (χ1n) is 8.33. The van der Waals surface area contributed by atoms with Gasteiger partial charge in [0.15, 0.2) is 0 Å². The maximum absolute atomic E-state index is 12.4. The van der Waals surface area contributed by atoms with Gasteiger partial charge in [0.2, 0.25) is 5.91 Å². The molecule has 140 valence electrons. The third-order valence-electron chi connectivity index (χ3n) is 4.64. The van der Waals surface area contributed by atoms with Gasteiger partial charge >= 0.3 is 6.03 Å². The lowest BCUT2D eigenvalue weighted by atomic mass is 9.89. The second-order valence-corrected chi connectivity index (χ2v) is 6.42. The number of imide groups is 1. The molecule has 9 heteroatoms. The molecule has 2 heterocycles. The van der Waals surface area contributed by atoms with Crippen LogP contribution < -0.4 is 25.4 Å². The second-order valence-electron chi connectivity index (χ2n) is 6.42. The van der Waals surface area contributed by atoms with Crippen molar-refractivity contribution in [1.29, 1.82) is 0 Å². The van der Waals surface area contributed by atoms with Gasteiger partial charge in [-0.05, 0) is 31.5 Å². The summed E-state index contributed by atoms with van der Waals surface area (Å²) in [6.07, 6.45) is 1.28. The van der Waals surface area contributed by atoms with Crippen molar-refractivity contribution >= 4 is 23.5 Å². The Balaban J connectivity index is 1.63. The lowest BCUT2D eigenvalue weighted by molar-refractivity contribution is -0.127. The van der Waals surface area contributed by atoms with Crippen molar-refractivity contribution in [1.82, 2.24) is 15.5 Å². The minimum atomic E-state index is -0.937. The first-order valence-corrected chi connectivity index (χ1v) is 8.33. The molecule has 2 aliphatic heterocycles. The van der Waals surface area contributed by atoms with E-state index in [1.165, 1.54) is 7.11 Å². The zero-order valence-corrected chi connectivity index (χ0v) is 14.8. The summed E-state index contributed by atoms with van der Waals surface area (Å²) in [4.78, 5) is 37.8. The Morgan fingerprint density at radius 1 is 1.31 bits per heavy atom. The Kier molecular flexibility index (Phi) is 4.99. The SMILES string of the molecule is COc1ccc(NC(=O)CN2CCC[C@@]3(C2)NC(=O)NC3=O)c(OC)c1. The highest BCUT2D eigenvalue weighted by molar-refractivity contribution is 6.07. The van der Waals surface area contributed by atoms with Crippen molar-refractivity contribution in [2.24, 2.45) is 0 Å². The summed E-state index contributed by atoms with van der Waals surface area (Å²) in [5.41, 5.74) is -0.398. The number of rotatable bonds is 5. The van der Waals surface area contributed by atoms with Gasteiger partial charge in [0.05, 0.1) is 26.5 Å². The van der Waals surface area contributed by atoms with Crippen molar-refractivity contribution in [3.63, 3.8) is 0 Å². The summed E-state index contributed by atoms with van der Waals surface area (Å²) in [5.74, 6) is 0.565. The average molecular weight is 362 g/mol. The molecule has 4 amide bonds. The van der Waals surface area contributed by atoms with Crippen LogP contribution in [0.15, 0.2) is 18.2 Å². The van der Waals surface area contributed by atoms with Crippen LogP contribution in [-0.4, -0.2) is 62.1 Å². The molecule has 0 saturated carbocycles. The highest BCUT2D eigenvalue weighted by Crippen LogP contribution is 2.29. The van der Waals surface area contributed by atoms with Gasteiger partial charge in [-0.3, -0.25) is 19.8 Å². The molecule has 1 aromatic carbocycles. The number of hydrogen-bond acceptors (Lipinski definition) is 6. The molecular weight excluding hydrogens is 340 g/mol. The van der Waals surface area contributed by atoms with Gasteiger partial charge in [-0.2, -0.15) is 0 Å². The topological polar surface area (TPSA) is 109 Å². The van der Waals surface area contributed by atoms with E-state index in [4.69, 9.17) is 9.47 Å². The minimum Gasteiger partial charge on any atom is -0.497 e. The highest BCUT2D eigenvalue weighted by Gasteiger charge is 2.48. The van der Waals surface area contributed by atoms with Crippen LogP contribution in [0.2, 0.25) is 0 Å². The second kappa shape index (κ2) is 7.20. The van der Waals surface area contributed by atoms with E-state index in [0.717, 1.165) is 0 Å². The fraction of sp³-hybridized carbons (Fsp3) is 0.471. The molecule has 2 fully saturated rings. The maximum atomic E-state index is 12.4. The number of methoxy groups -OCH3 is 2. The number of carbonyl (C=O) groups is 3. The zero-order chi connectivity index (χ0) is 18.7. The fourth-order valence-electron chi connectivity index (χ4n) is 3.39. The molecule has 2 saturated heterocycles. The van der Waals surface area contributed by atoms with Crippen molar-refractivity contribution in [2.45, 2.75) is 18.4 Å². The lowest BCUT2D eigenvalue weighted by Gasteiger charge is -2.37. The molecule has 1 aromatic rings. The van der Waals surface area contributed by atoms with Crippen LogP contribution in [0.4, 0.5) is 10.5 Å². The lowest BCUT2D eigenvalue weighted by Crippen LogP contribution is -2.59. The number of carbonyl (C=O) groups excluding carboxylic acids is 3. The smallest absolute Gasteiger partial charge is 0.322 e. The van der Waals surface area contributed by atoms with Crippen LogP contribution in [0, 0.1) is 0 Å². The highest BCUT2D eigenvalue weighted by atomic mass is 16.5. The van der Waals surface area contributed by atoms with Crippen molar-refractivity contribution in [2.75, 3.05) is 39.2 Å². The summed E-state index contributed by atoms with van der Waals surface area (Å²) in [6.45, 7) is 1.09. The molecule has 0 radical (unpaired) electrons. The molecule has 3 rings (SSSR count). The van der Waals surface area contributed by atoms with Gasteiger partial charge in [-0.1, -0.05) is 0 Å². The Bertz CT molecular complexity index is 738. The normalized spacial score (nSPS) is 22.7. The number of amides is 4. The monoisotopic (exact) mass is 362 g/mol. The molecular formula is C17H22N4O5. The Morgan fingerprint density at radius 2 is 2.12 bits per heavy atom. The van der Waals surface area contributed by atoms with E-state index in [1.807, 2.05) is 4.90 Å². The minimum absolute atomic E-state index is 0.111. The number of likely N-dealkylation sites (tertiary alicyclic amines) is 1. The van der Waals surface area contributed by atoms with E-state index in [0.29, 0.717) is 43.1 Å². The van der Waals surface area contributed by atoms with Crippen molar-refractivity contribution in [3.8, 4) is 11.5 Å². The number of urea groups is 1. The summed E-state index contributed by atoms with van der Waals surface area (Å²) in [5, 5.41) is 7.78. The van der Waals surface area contributed by atoms with Crippen LogP contribution in [-0.2, 0) is 9.59 Å². The Hall–Kier alpha value is -2.81. The van der Waals surface area contributed by atoms with E-state index in [2.05, 4.69) is 16.0 Å². The van der Waals surface area contributed by atoms with Gasteiger partial charge in [0.1, 0.15) is 17.0 Å². The summed E-state index contributed by atoms with van der Waals surface area (Å²) < 4.78 is 10.4. The summed E-state index contributed by atoms with van der Waals surface area (Å²) in [7, 11) is 3.07. The number of benzene rings is 1. The van der Waals surface area contributed by atoms with Crippen LogP contribution in [0.3, 0.4) is 0 Å². The van der Waals surface area contributed by atoms with E-state index in [1.54, 1.807) is 25.3 Å². The average Bonchev–Trinajstić information content (AvgIpc) is 2.87. The largest absolute Gasteiger partial charge is 0.497 e. The van der Waals surface area contributed by atoms with Crippen molar-refractivity contribution in [3.05, 3.63) is 18.2 Å². The fourth-order valence-corrected chi connectivity index (χ4v) is 3.39. The van der Waals surface area contributed by atoms with Crippen LogP contribution in [0.25, 0.3) is 0 Å². The summed E-state index contributed by atoms with van der Waals surface area (Å²) >= 11 is 0. The third kappa shape index (κ3) is 3.57. The number of hydrogen-bond donors (Lipinski definition) is 3. The van der Waals surface area contributed by atoms with Gasteiger partial charge in [-0.25, -0.2) is 4.79 Å². The van der Waals surface area contributed by atoms with Gasteiger partial charge in [0.25, 0.3) is 5.91 Å². The van der Waals surface area contributed by atoms with Crippen LogP contribution in [0.5, 0.6) is 11.5 Å². The summed E-state index contributed by atoms with van der Waals surface area (Å²) in [6, 6.07) is 4.64. The first-order chi connectivity index (χ1) is 12.5. The molecule has 0 aliphatic carbocycles. The molecule has 9 nitrogen and oxygen atoms in total. The van der Waals surface area contributed by atoms with Crippen molar-refractivity contribution < 1.29 is 23.9 Å². The molecule has 1 atom stereocenters. The Labute approximate surface area is 151 Å². The number of nitrogens with zero attached hydrogens (tertiary/aromatic N) is 1. The quantitative estimate of drug-likeness (QED) is 0.651. The molecule has 0 unspecified atom stereocenters. The molecule has 0 bridgehead atoms. The van der Waals surface area contributed by atoms with E-state index < -0.39 is 11.6 Å². The van der Waals surface area contributed by atoms with Gasteiger partial charge in [0, 0.05) is 12.6 Å². The predicted molar refractivity (Wildman–Crippen MR) is 93.3 cm³/mol. The van der Waals surface area contributed by atoms with E-state index in [-0.39, 0.29) is 18.4 Å². The van der Waals surface area contributed by atoms with Crippen LogP contribution >= 0.6 is 0 Å². The molecule has 1 spiro atoms. The third-order valence-corrected chi connectivity index (χ3v) is 4.64. The zero-order valence-electron chi connectivity index (χ0n) is 14.8. The van der Waals surface area contributed by atoms with E-state index >= 15 is 0 Å². The van der Waals surface area contributed by atoms with Gasteiger partial charge in [-0.15, -0.1) is 0 Å². The number of ether oxygens (including phenoxy) is 2. The van der Waals surface area contributed by atoms with Gasteiger partial charge < -0.3 is 20.1 Å². The standard InChI is InChI=1S/C17H22N4O5/c1-25-11-4-5-12(13(8-11)26-2)18-14(22)9-21-7-3-6-17(10-21)15(23)19-16(24)20-17/h4-5,8H,3,6-7,9-10H2,1-2H3,(H,18,22)(H2,19,20,23,24)/t17-/m0/s1.